The maximum Gasteiger partial charge on any atom is 0.265 e. The van der Waals surface area contributed by atoms with E-state index in [0.29, 0.717) is 50.8 Å². The number of nitrogens with two attached hydrogens (primary N) is 2. The number of benzene rings is 6. The van der Waals surface area contributed by atoms with Crippen LogP contribution in [0.2, 0.25) is 0 Å². The van der Waals surface area contributed by atoms with Crippen molar-refractivity contribution < 1.29 is 19.2 Å². The molecule has 9 rings (SSSR count). The van der Waals surface area contributed by atoms with Gasteiger partial charge in [-0.1, -0.05) is 44.2 Å². The quantitative estimate of drug-likeness (QED) is 0.0992. The molecule has 0 bridgehead atoms. The fourth-order valence-corrected chi connectivity index (χ4v) is 8.08. The summed E-state index contributed by atoms with van der Waals surface area (Å²) < 4.78 is 0. The minimum Gasteiger partial charge on any atom is -0.402 e. The van der Waals surface area contributed by atoms with Crippen LogP contribution in [0.25, 0.3) is 43.1 Å². The molecule has 0 saturated heterocycles. The second-order valence-corrected chi connectivity index (χ2v) is 12.9. The molecule has 46 heavy (non-hydrogen) atoms. The highest BCUT2D eigenvalue weighted by molar-refractivity contribution is 6.43. The van der Waals surface area contributed by atoms with Gasteiger partial charge in [-0.05, 0) is 99.1 Å². The lowest BCUT2D eigenvalue weighted by atomic mass is 9.79. The summed E-state index contributed by atoms with van der Waals surface area (Å²) in [6, 6.07) is 21.2. The number of fused-ring (bicyclic) bond motifs is 2. The van der Waals surface area contributed by atoms with E-state index in [1.807, 2.05) is 56.3 Å². The van der Waals surface area contributed by atoms with Crippen LogP contribution in [0.4, 0.5) is 11.4 Å². The third-order valence-electron chi connectivity index (χ3n) is 10.4. The van der Waals surface area contributed by atoms with Crippen molar-refractivity contribution in [1.82, 2.24) is 4.90 Å². The molecule has 2 heterocycles. The molecule has 0 saturated carbocycles. The standard InChI is InChI=1S/C38H28N4O4/c1-17-16-30(18(2)15-29(17)40)42-37(45)27-13-9-23-21-7-11-25-33-26(36(44)41(35(25)43)20-5-3-19(39)4-6-20)12-8-22(31(21)33)24-10-14-28(38(42)46)34(27)32(23)24/h3-15,17-18,30H,16,39-40H2,1-2H3. The Balaban J connectivity index is 1.27. The summed E-state index contributed by atoms with van der Waals surface area (Å²) in [7, 11) is 0. The number of hydrogen-bond acceptors (Lipinski definition) is 6. The Morgan fingerprint density at radius 3 is 1.46 bits per heavy atom. The molecule has 6 aromatic rings. The third-order valence-corrected chi connectivity index (χ3v) is 10.4. The zero-order valence-electron chi connectivity index (χ0n) is 25.1. The third kappa shape index (κ3) is 3.22. The molecule has 6 aromatic carbocycles. The van der Waals surface area contributed by atoms with E-state index in [1.165, 1.54) is 9.80 Å². The lowest BCUT2D eigenvalue weighted by Crippen LogP contribution is -2.51. The molecule has 3 aliphatic rings. The number of nitrogen functional groups attached to an aromatic ring is 1. The molecule has 8 heteroatoms. The van der Waals surface area contributed by atoms with Gasteiger partial charge < -0.3 is 11.5 Å². The largest absolute Gasteiger partial charge is 0.402 e. The Hall–Kier alpha value is -5.76. The maximum absolute atomic E-state index is 14.2. The topological polar surface area (TPSA) is 127 Å². The van der Waals surface area contributed by atoms with Crippen molar-refractivity contribution in [3.8, 4) is 0 Å². The van der Waals surface area contributed by atoms with E-state index in [1.54, 1.807) is 36.4 Å². The molecule has 0 fully saturated rings. The highest BCUT2D eigenvalue weighted by atomic mass is 16.2. The molecule has 4 N–H and O–H groups in total. The van der Waals surface area contributed by atoms with E-state index in [0.717, 1.165) is 38.0 Å². The number of carbonyl (C=O) groups is 4. The van der Waals surface area contributed by atoms with Crippen molar-refractivity contribution in [1.29, 1.82) is 0 Å². The van der Waals surface area contributed by atoms with Crippen LogP contribution in [0.5, 0.6) is 0 Å². The molecule has 8 nitrogen and oxygen atoms in total. The number of nitrogens with zero attached hydrogens (tertiary/aromatic N) is 2. The molecular formula is C38H28N4O4. The van der Waals surface area contributed by atoms with Gasteiger partial charge in [-0.15, -0.1) is 0 Å². The number of imide groups is 2. The first-order valence-corrected chi connectivity index (χ1v) is 15.4. The summed E-state index contributed by atoms with van der Waals surface area (Å²) in [5, 5.41) is 6.33. The zero-order chi connectivity index (χ0) is 31.8. The van der Waals surface area contributed by atoms with E-state index < -0.39 is 11.8 Å². The second kappa shape index (κ2) is 8.91. The highest BCUT2D eigenvalue weighted by Gasteiger charge is 2.42. The molecule has 224 valence electrons. The van der Waals surface area contributed by atoms with Crippen LogP contribution in [0.3, 0.4) is 0 Å². The highest BCUT2D eigenvalue weighted by Crippen LogP contribution is 2.47. The van der Waals surface area contributed by atoms with E-state index in [2.05, 4.69) is 0 Å². The minimum absolute atomic E-state index is 0.0635. The fourth-order valence-electron chi connectivity index (χ4n) is 8.08. The van der Waals surface area contributed by atoms with Gasteiger partial charge in [0.2, 0.25) is 0 Å². The van der Waals surface area contributed by atoms with Crippen molar-refractivity contribution >= 4 is 78.1 Å². The number of rotatable bonds is 2. The van der Waals surface area contributed by atoms with Crippen molar-refractivity contribution in [2.45, 2.75) is 26.3 Å². The van der Waals surface area contributed by atoms with E-state index in [-0.39, 0.29) is 29.7 Å². The molecule has 4 amide bonds. The van der Waals surface area contributed by atoms with E-state index >= 15 is 0 Å². The Kier molecular flexibility index (Phi) is 5.16. The molecule has 0 spiro atoms. The smallest absolute Gasteiger partial charge is 0.265 e. The molecule has 3 unspecified atom stereocenters. The first-order chi connectivity index (χ1) is 22.2. The van der Waals surface area contributed by atoms with Gasteiger partial charge in [0.25, 0.3) is 23.6 Å². The van der Waals surface area contributed by atoms with Gasteiger partial charge in [0.1, 0.15) is 0 Å². The van der Waals surface area contributed by atoms with Gasteiger partial charge in [0.15, 0.2) is 0 Å². The van der Waals surface area contributed by atoms with Crippen LogP contribution >= 0.6 is 0 Å². The van der Waals surface area contributed by atoms with Crippen molar-refractivity contribution in [3.63, 3.8) is 0 Å². The summed E-state index contributed by atoms with van der Waals surface area (Å²) >= 11 is 0. The van der Waals surface area contributed by atoms with Crippen LogP contribution in [-0.4, -0.2) is 34.6 Å². The molecule has 3 atom stereocenters. The number of allylic oxidation sites excluding steroid dienone is 1. The minimum atomic E-state index is -0.402. The normalized spacial score (nSPS) is 21.3. The fraction of sp³-hybridized carbons (Fsp3) is 0.158. The van der Waals surface area contributed by atoms with Gasteiger partial charge >= 0.3 is 0 Å². The number of carbonyl (C=O) groups excluding carboxylic acids is 4. The summed E-state index contributed by atoms with van der Waals surface area (Å²) in [4.78, 5) is 58.7. The molecule has 1 aliphatic carbocycles. The van der Waals surface area contributed by atoms with Crippen LogP contribution in [-0.2, 0) is 0 Å². The van der Waals surface area contributed by atoms with E-state index in [4.69, 9.17) is 11.5 Å². The first-order valence-electron chi connectivity index (χ1n) is 15.4. The second-order valence-electron chi connectivity index (χ2n) is 12.9. The summed E-state index contributed by atoms with van der Waals surface area (Å²) in [5.41, 5.74) is 15.7. The van der Waals surface area contributed by atoms with Crippen molar-refractivity contribution in [2.75, 3.05) is 10.6 Å². The predicted molar refractivity (Wildman–Crippen MR) is 179 cm³/mol. The van der Waals surface area contributed by atoms with Gasteiger partial charge in [-0.2, -0.15) is 0 Å². The Bertz CT molecular complexity index is 2320. The lowest BCUT2D eigenvalue weighted by Gasteiger charge is -2.40. The SMILES string of the molecule is CC1CC(N2C(=O)c3ccc4c5ccc6c7c(ccc(c8ccc(c3c48)C2=O)c75)C(=O)N(c2ccc(N)cc2)C6=O)C(C)C=C1N. The lowest BCUT2D eigenvalue weighted by molar-refractivity contribution is 0.0475. The Morgan fingerprint density at radius 1 is 0.565 bits per heavy atom. The maximum atomic E-state index is 14.2. The monoisotopic (exact) mass is 604 g/mol. The zero-order valence-corrected chi connectivity index (χ0v) is 25.1. The average molecular weight is 605 g/mol. The van der Waals surface area contributed by atoms with Crippen LogP contribution in [0, 0.1) is 11.8 Å². The number of amides is 4. The number of anilines is 2. The van der Waals surface area contributed by atoms with Gasteiger partial charge in [-0.25, -0.2) is 4.90 Å². The van der Waals surface area contributed by atoms with Crippen molar-refractivity contribution in [2.24, 2.45) is 17.6 Å². The van der Waals surface area contributed by atoms with Crippen LogP contribution < -0.4 is 16.4 Å². The Labute approximate surface area is 263 Å². The average Bonchev–Trinajstić information content (AvgIpc) is 3.05. The van der Waals surface area contributed by atoms with Gasteiger partial charge in [-0.3, -0.25) is 24.1 Å². The van der Waals surface area contributed by atoms with Gasteiger partial charge in [0.05, 0.1) is 5.69 Å². The van der Waals surface area contributed by atoms with Crippen LogP contribution in [0.15, 0.2) is 84.6 Å². The Morgan fingerprint density at radius 2 is 1.00 bits per heavy atom. The van der Waals surface area contributed by atoms with E-state index in [9.17, 15) is 19.2 Å². The summed E-state index contributed by atoms with van der Waals surface area (Å²) in [6.45, 7) is 4.02. The van der Waals surface area contributed by atoms with Gasteiger partial charge in [0, 0.05) is 50.5 Å². The predicted octanol–water partition coefficient (Wildman–Crippen LogP) is 6.60. The molecule has 0 aromatic heterocycles. The summed E-state index contributed by atoms with van der Waals surface area (Å²) in [6.07, 6.45) is 2.58. The molecule has 0 radical (unpaired) electrons. The molecule has 2 aliphatic heterocycles. The summed E-state index contributed by atoms with van der Waals surface area (Å²) in [5.74, 6) is -1.40. The van der Waals surface area contributed by atoms with Crippen molar-refractivity contribution in [3.05, 3.63) is 107 Å². The number of hydrogen-bond donors (Lipinski definition) is 2. The molecular weight excluding hydrogens is 576 g/mol. The van der Waals surface area contributed by atoms with Crippen LogP contribution in [0.1, 0.15) is 61.7 Å². The first kappa shape index (κ1) is 26.6.